The van der Waals surface area contributed by atoms with E-state index in [4.69, 9.17) is 0 Å². The molecule has 1 amide bonds. The number of aromatic nitrogens is 2. The maximum atomic E-state index is 13.1. The number of carbonyl (C=O) groups is 1. The van der Waals surface area contributed by atoms with Crippen LogP contribution in [0.4, 0.5) is 5.69 Å². The molecule has 1 heterocycles. The first-order valence-electron chi connectivity index (χ1n) is 8.67. The smallest absolute Gasteiger partial charge is 0.258 e. The van der Waals surface area contributed by atoms with Crippen LogP contribution in [0.3, 0.4) is 0 Å². The van der Waals surface area contributed by atoms with Crippen LogP contribution >= 0.6 is 0 Å². The Kier molecular flexibility index (Phi) is 4.23. The van der Waals surface area contributed by atoms with Crippen molar-refractivity contribution in [3.05, 3.63) is 90.8 Å². The second-order valence-corrected chi connectivity index (χ2v) is 6.05. The first kappa shape index (κ1) is 16.1. The molecule has 0 bridgehead atoms. The van der Waals surface area contributed by atoms with Crippen LogP contribution in [0.25, 0.3) is 16.5 Å². The topological polar surface area (TPSA) is 38.1 Å². The van der Waals surface area contributed by atoms with Crippen molar-refractivity contribution in [2.75, 3.05) is 11.4 Å². The van der Waals surface area contributed by atoms with Crippen molar-refractivity contribution in [3.63, 3.8) is 0 Å². The molecule has 3 aromatic carbocycles. The molecule has 0 aliphatic rings. The Balaban J connectivity index is 1.69. The molecule has 0 spiro atoms. The number of rotatable bonds is 4. The Hall–Kier alpha value is -3.40. The summed E-state index contributed by atoms with van der Waals surface area (Å²) in [5.74, 6) is -0.00383. The van der Waals surface area contributed by atoms with Gasteiger partial charge in [0.1, 0.15) is 0 Å². The lowest BCUT2D eigenvalue weighted by Crippen LogP contribution is -2.30. The minimum absolute atomic E-state index is 0.00383. The van der Waals surface area contributed by atoms with Crippen LogP contribution in [0.1, 0.15) is 17.3 Å². The van der Waals surface area contributed by atoms with E-state index in [9.17, 15) is 4.79 Å². The van der Waals surface area contributed by atoms with Gasteiger partial charge in [0.15, 0.2) is 0 Å². The molecule has 0 fully saturated rings. The second kappa shape index (κ2) is 6.84. The Bertz CT molecular complexity index is 1030. The van der Waals surface area contributed by atoms with Gasteiger partial charge in [-0.3, -0.25) is 4.79 Å². The van der Waals surface area contributed by atoms with Gasteiger partial charge < -0.3 is 4.90 Å². The van der Waals surface area contributed by atoms with Gasteiger partial charge in [0, 0.05) is 29.9 Å². The van der Waals surface area contributed by atoms with E-state index in [1.807, 2.05) is 72.6 Å². The zero-order valence-electron chi connectivity index (χ0n) is 14.5. The highest BCUT2D eigenvalue weighted by atomic mass is 16.2. The van der Waals surface area contributed by atoms with E-state index in [-0.39, 0.29) is 5.91 Å². The molecule has 4 rings (SSSR count). The minimum atomic E-state index is -0.00383. The van der Waals surface area contributed by atoms with Crippen LogP contribution in [0.15, 0.2) is 85.2 Å². The molecule has 0 radical (unpaired) electrons. The van der Waals surface area contributed by atoms with Crippen molar-refractivity contribution in [2.45, 2.75) is 6.92 Å². The van der Waals surface area contributed by atoms with Crippen LogP contribution in [0, 0.1) is 0 Å². The SMILES string of the molecule is CCN(C(=O)c1ccc(-n2cccn2)cc1)c1cccc2ccccc12. The zero-order valence-corrected chi connectivity index (χ0v) is 14.5. The summed E-state index contributed by atoms with van der Waals surface area (Å²) in [5, 5.41) is 6.43. The Morgan fingerprint density at radius 1 is 0.962 bits per heavy atom. The van der Waals surface area contributed by atoms with E-state index in [0.29, 0.717) is 12.1 Å². The normalized spacial score (nSPS) is 10.8. The Morgan fingerprint density at radius 2 is 1.73 bits per heavy atom. The Morgan fingerprint density at radius 3 is 2.46 bits per heavy atom. The molecule has 0 aliphatic heterocycles. The largest absolute Gasteiger partial charge is 0.308 e. The van der Waals surface area contributed by atoms with Crippen molar-refractivity contribution in [3.8, 4) is 5.69 Å². The standard InChI is InChI=1S/C22H19N3O/c1-2-24(21-10-5-8-17-7-3-4-9-20(17)21)22(26)18-11-13-19(14-12-18)25-16-6-15-23-25/h3-16H,2H2,1H3. The molecule has 0 saturated heterocycles. The summed E-state index contributed by atoms with van der Waals surface area (Å²) in [6.07, 6.45) is 3.61. The number of hydrogen-bond acceptors (Lipinski definition) is 2. The third-order valence-electron chi connectivity index (χ3n) is 4.50. The average molecular weight is 341 g/mol. The molecule has 0 aliphatic carbocycles. The van der Waals surface area contributed by atoms with E-state index in [0.717, 1.165) is 22.1 Å². The monoisotopic (exact) mass is 341 g/mol. The number of amides is 1. The van der Waals surface area contributed by atoms with Gasteiger partial charge >= 0.3 is 0 Å². The van der Waals surface area contributed by atoms with E-state index < -0.39 is 0 Å². The van der Waals surface area contributed by atoms with Gasteiger partial charge in [-0.15, -0.1) is 0 Å². The van der Waals surface area contributed by atoms with Crippen molar-refractivity contribution >= 4 is 22.4 Å². The predicted molar refractivity (Wildman–Crippen MR) is 105 cm³/mol. The summed E-state index contributed by atoms with van der Waals surface area (Å²) in [4.78, 5) is 14.9. The lowest BCUT2D eigenvalue weighted by atomic mass is 10.1. The molecule has 4 nitrogen and oxygen atoms in total. The molecule has 26 heavy (non-hydrogen) atoms. The summed E-state index contributed by atoms with van der Waals surface area (Å²) in [5.41, 5.74) is 2.53. The van der Waals surface area contributed by atoms with Gasteiger partial charge in [0.25, 0.3) is 5.91 Å². The van der Waals surface area contributed by atoms with Crippen LogP contribution in [-0.4, -0.2) is 22.2 Å². The fourth-order valence-corrected chi connectivity index (χ4v) is 3.20. The molecule has 4 aromatic rings. The van der Waals surface area contributed by atoms with Crippen molar-refractivity contribution in [2.24, 2.45) is 0 Å². The first-order chi connectivity index (χ1) is 12.8. The average Bonchev–Trinajstić information content (AvgIpc) is 3.23. The summed E-state index contributed by atoms with van der Waals surface area (Å²) in [7, 11) is 0. The fraction of sp³-hybridized carbons (Fsp3) is 0.0909. The van der Waals surface area contributed by atoms with Crippen molar-refractivity contribution < 1.29 is 4.79 Å². The number of anilines is 1. The number of carbonyl (C=O) groups excluding carboxylic acids is 1. The molecule has 1 aromatic heterocycles. The van der Waals surface area contributed by atoms with E-state index in [2.05, 4.69) is 23.3 Å². The predicted octanol–water partition coefficient (Wildman–Crippen LogP) is 4.69. The lowest BCUT2D eigenvalue weighted by Gasteiger charge is -2.23. The molecule has 128 valence electrons. The molecule has 0 atom stereocenters. The molecule has 0 unspecified atom stereocenters. The number of fused-ring (bicyclic) bond motifs is 1. The van der Waals surface area contributed by atoms with E-state index in [1.54, 1.807) is 10.9 Å². The van der Waals surface area contributed by atoms with Crippen LogP contribution < -0.4 is 4.90 Å². The number of nitrogens with zero attached hydrogens (tertiary/aromatic N) is 3. The van der Waals surface area contributed by atoms with Crippen molar-refractivity contribution in [1.29, 1.82) is 0 Å². The maximum absolute atomic E-state index is 13.1. The van der Waals surface area contributed by atoms with Gasteiger partial charge in [0.05, 0.1) is 11.4 Å². The highest BCUT2D eigenvalue weighted by molar-refractivity contribution is 6.10. The Labute approximate surface area is 152 Å². The first-order valence-corrected chi connectivity index (χ1v) is 8.67. The third-order valence-corrected chi connectivity index (χ3v) is 4.50. The molecular weight excluding hydrogens is 322 g/mol. The fourth-order valence-electron chi connectivity index (χ4n) is 3.20. The number of benzene rings is 3. The van der Waals surface area contributed by atoms with Crippen LogP contribution in [0.2, 0.25) is 0 Å². The highest BCUT2D eigenvalue weighted by Crippen LogP contribution is 2.28. The highest BCUT2D eigenvalue weighted by Gasteiger charge is 2.18. The summed E-state index contributed by atoms with van der Waals surface area (Å²) in [6.45, 7) is 2.60. The lowest BCUT2D eigenvalue weighted by molar-refractivity contribution is 0.0988. The second-order valence-electron chi connectivity index (χ2n) is 6.05. The van der Waals surface area contributed by atoms with E-state index in [1.165, 1.54) is 0 Å². The summed E-state index contributed by atoms with van der Waals surface area (Å²) in [6, 6.07) is 23.6. The van der Waals surface area contributed by atoms with Gasteiger partial charge in [-0.1, -0.05) is 36.4 Å². The minimum Gasteiger partial charge on any atom is -0.308 e. The van der Waals surface area contributed by atoms with Gasteiger partial charge in [-0.25, -0.2) is 4.68 Å². The van der Waals surface area contributed by atoms with Gasteiger partial charge in [-0.05, 0) is 48.7 Å². The quantitative estimate of drug-likeness (QED) is 0.540. The van der Waals surface area contributed by atoms with Crippen molar-refractivity contribution in [1.82, 2.24) is 9.78 Å². The summed E-state index contributed by atoms with van der Waals surface area (Å²) >= 11 is 0. The molecule has 0 N–H and O–H groups in total. The number of hydrogen-bond donors (Lipinski definition) is 0. The zero-order chi connectivity index (χ0) is 17.9. The molecule has 4 heteroatoms. The van der Waals surface area contributed by atoms with Gasteiger partial charge in [0.2, 0.25) is 0 Å². The third kappa shape index (κ3) is 2.86. The van der Waals surface area contributed by atoms with Crippen LogP contribution in [0.5, 0.6) is 0 Å². The van der Waals surface area contributed by atoms with E-state index >= 15 is 0 Å². The summed E-state index contributed by atoms with van der Waals surface area (Å²) < 4.78 is 1.77. The van der Waals surface area contributed by atoms with Crippen LogP contribution in [-0.2, 0) is 0 Å². The van der Waals surface area contributed by atoms with Gasteiger partial charge in [-0.2, -0.15) is 5.10 Å². The molecule has 0 saturated carbocycles. The maximum Gasteiger partial charge on any atom is 0.258 e. The molecular formula is C22H19N3O.